The van der Waals surface area contributed by atoms with E-state index >= 15 is 0 Å². The largest absolute Gasteiger partial charge is 0.459 e. The maximum Gasteiger partial charge on any atom is 0.266 e. The van der Waals surface area contributed by atoms with Crippen molar-refractivity contribution in [3.05, 3.63) is 53.4 Å². The summed E-state index contributed by atoms with van der Waals surface area (Å²) < 4.78 is 11.2. The number of hydrogen-bond donors (Lipinski definition) is 0. The number of oxazole rings is 1. The second kappa shape index (κ2) is 7.38. The standard InChI is InChI=1S/C23H22N4O3/c1-15-4-2-5-16-9-12-27(20(15)16)22(28)17-7-10-26(11-8-17)23-18(14-24)25-21(30-23)19-6-3-13-29-19/h2-6,13,17H,7-12H2,1H3. The number of para-hydroxylation sites is 1. The highest BCUT2D eigenvalue weighted by molar-refractivity contribution is 5.98. The number of rotatable bonds is 3. The molecule has 0 spiro atoms. The smallest absolute Gasteiger partial charge is 0.266 e. The number of carbonyl (C=O) groups excluding carboxylic acids is 1. The number of aromatic nitrogens is 1. The van der Waals surface area contributed by atoms with Crippen LogP contribution in [-0.2, 0) is 11.2 Å². The Balaban J connectivity index is 1.30. The Bertz CT molecular complexity index is 1120. The van der Waals surface area contributed by atoms with Crippen molar-refractivity contribution in [3.8, 4) is 17.7 Å². The summed E-state index contributed by atoms with van der Waals surface area (Å²) in [6, 6.07) is 11.8. The maximum absolute atomic E-state index is 13.2. The topological polar surface area (TPSA) is 86.5 Å². The third-order valence-corrected chi connectivity index (χ3v) is 6.04. The van der Waals surface area contributed by atoms with Crippen LogP contribution in [-0.4, -0.2) is 30.5 Å². The van der Waals surface area contributed by atoms with Gasteiger partial charge in [-0.1, -0.05) is 18.2 Å². The van der Waals surface area contributed by atoms with E-state index < -0.39 is 0 Å². The number of aryl methyl sites for hydroxylation is 1. The van der Waals surface area contributed by atoms with Gasteiger partial charge in [0.15, 0.2) is 5.76 Å². The number of benzene rings is 1. The normalized spacial score (nSPS) is 16.5. The summed E-state index contributed by atoms with van der Waals surface area (Å²) >= 11 is 0. The van der Waals surface area contributed by atoms with Crippen LogP contribution in [0.2, 0.25) is 0 Å². The van der Waals surface area contributed by atoms with Crippen molar-refractivity contribution >= 4 is 17.5 Å². The Morgan fingerprint density at radius 1 is 1.20 bits per heavy atom. The van der Waals surface area contributed by atoms with Crippen molar-refractivity contribution in [1.29, 1.82) is 5.26 Å². The average Bonchev–Trinajstić information content (AvgIpc) is 3.52. The van der Waals surface area contributed by atoms with E-state index in [9.17, 15) is 10.1 Å². The fourth-order valence-corrected chi connectivity index (χ4v) is 4.53. The van der Waals surface area contributed by atoms with Gasteiger partial charge in [0, 0.05) is 31.2 Å². The van der Waals surface area contributed by atoms with Gasteiger partial charge in [0.2, 0.25) is 17.5 Å². The lowest BCUT2D eigenvalue weighted by Gasteiger charge is -2.33. The minimum Gasteiger partial charge on any atom is -0.459 e. The van der Waals surface area contributed by atoms with E-state index in [-0.39, 0.29) is 17.5 Å². The summed E-state index contributed by atoms with van der Waals surface area (Å²) in [7, 11) is 0. The zero-order valence-corrected chi connectivity index (χ0v) is 16.8. The van der Waals surface area contributed by atoms with Crippen molar-refractivity contribution in [2.75, 3.05) is 29.4 Å². The fraction of sp³-hybridized carbons (Fsp3) is 0.348. The highest BCUT2D eigenvalue weighted by Crippen LogP contribution is 2.35. The predicted molar refractivity (Wildman–Crippen MR) is 111 cm³/mol. The summed E-state index contributed by atoms with van der Waals surface area (Å²) in [4.78, 5) is 21.5. The number of hydrogen-bond acceptors (Lipinski definition) is 6. The van der Waals surface area contributed by atoms with Crippen LogP contribution in [0.4, 0.5) is 11.6 Å². The molecule has 0 saturated carbocycles. The molecule has 1 fully saturated rings. The molecule has 1 amide bonds. The number of anilines is 2. The number of piperidine rings is 1. The molecular weight excluding hydrogens is 380 g/mol. The molecule has 5 rings (SSSR count). The van der Waals surface area contributed by atoms with E-state index in [2.05, 4.69) is 36.2 Å². The Hall–Kier alpha value is -3.53. The number of furan rings is 1. The maximum atomic E-state index is 13.2. The van der Waals surface area contributed by atoms with Crippen molar-refractivity contribution in [2.24, 2.45) is 5.92 Å². The van der Waals surface area contributed by atoms with Crippen LogP contribution in [0.5, 0.6) is 0 Å². The summed E-state index contributed by atoms with van der Waals surface area (Å²) in [6.45, 7) is 4.11. The third kappa shape index (κ3) is 3.05. The Kier molecular flexibility index (Phi) is 4.55. The zero-order valence-electron chi connectivity index (χ0n) is 16.8. The van der Waals surface area contributed by atoms with Crippen LogP contribution in [0.25, 0.3) is 11.7 Å². The van der Waals surface area contributed by atoms with Crippen LogP contribution in [0, 0.1) is 24.2 Å². The van der Waals surface area contributed by atoms with Gasteiger partial charge in [-0.2, -0.15) is 10.2 Å². The van der Waals surface area contributed by atoms with Gasteiger partial charge in [0.05, 0.1) is 6.26 Å². The van der Waals surface area contributed by atoms with Crippen molar-refractivity contribution in [3.63, 3.8) is 0 Å². The highest BCUT2D eigenvalue weighted by atomic mass is 16.4. The van der Waals surface area contributed by atoms with Crippen molar-refractivity contribution in [1.82, 2.24) is 4.98 Å². The van der Waals surface area contributed by atoms with E-state index in [4.69, 9.17) is 8.83 Å². The molecule has 0 bridgehead atoms. The number of nitriles is 1. The quantitative estimate of drug-likeness (QED) is 0.660. The first-order chi connectivity index (χ1) is 14.7. The van der Waals surface area contributed by atoms with E-state index in [1.807, 2.05) is 9.80 Å². The van der Waals surface area contributed by atoms with Gasteiger partial charge >= 0.3 is 0 Å². The summed E-state index contributed by atoms with van der Waals surface area (Å²) in [5, 5.41) is 9.47. The van der Waals surface area contributed by atoms with Crippen LogP contribution in [0.3, 0.4) is 0 Å². The predicted octanol–water partition coefficient (Wildman–Crippen LogP) is 3.92. The molecular formula is C23H22N4O3. The summed E-state index contributed by atoms with van der Waals surface area (Å²) in [5.41, 5.74) is 3.75. The monoisotopic (exact) mass is 402 g/mol. The molecule has 2 aliphatic heterocycles. The average molecular weight is 402 g/mol. The number of nitrogens with zero attached hydrogens (tertiary/aromatic N) is 4. The molecule has 2 aliphatic rings. The molecule has 152 valence electrons. The molecule has 0 unspecified atom stereocenters. The molecule has 7 nitrogen and oxygen atoms in total. The number of fused-ring (bicyclic) bond motifs is 1. The summed E-state index contributed by atoms with van der Waals surface area (Å²) in [5.74, 6) is 1.43. The molecule has 3 aromatic rings. The Morgan fingerprint density at radius 3 is 2.77 bits per heavy atom. The summed E-state index contributed by atoms with van der Waals surface area (Å²) in [6.07, 6.45) is 3.90. The van der Waals surface area contributed by atoms with Gasteiger partial charge < -0.3 is 18.6 Å². The lowest BCUT2D eigenvalue weighted by molar-refractivity contribution is -0.122. The van der Waals surface area contributed by atoms with Crippen molar-refractivity contribution < 1.29 is 13.6 Å². The molecule has 2 aromatic heterocycles. The Labute approximate surface area is 174 Å². The first-order valence-corrected chi connectivity index (χ1v) is 10.3. The van der Waals surface area contributed by atoms with Crippen LogP contribution >= 0.6 is 0 Å². The van der Waals surface area contributed by atoms with Gasteiger partial charge in [0.25, 0.3) is 5.89 Å². The van der Waals surface area contributed by atoms with Gasteiger partial charge in [-0.25, -0.2) is 0 Å². The van der Waals surface area contributed by atoms with E-state index in [0.717, 1.165) is 37.1 Å². The highest BCUT2D eigenvalue weighted by Gasteiger charge is 2.34. The van der Waals surface area contributed by atoms with E-state index in [0.29, 0.717) is 30.6 Å². The molecule has 1 aromatic carbocycles. The van der Waals surface area contributed by atoms with Crippen LogP contribution in [0.15, 0.2) is 45.4 Å². The first kappa shape index (κ1) is 18.5. The number of amides is 1. The minimum absolute atomic E-state index is 0.0233. The zero-order chi connectivity index (χ0) is 20.7. The minimum atomic E-state index is -0.0233. The van der Waals surface area contributed by atoms with Gasteiger partial charge in [0.1, 0.15) is 6.07 Å². The number of carbonyl (C=O) groups is 1. The third-order valence-electron chi connectivity index (χ3n) is 6.04. The molecule has 0 radical (unpaired) electrons. The van der Waals surface area contributed by atoms with Crippen molar-refractivity contribution in [2.45, 2.75) is 26.2 Å². The molecule has 30 heavy (non-hydrogen) atoms. The van der Waals surface area contributed by atoms with Gasteiger partial charge in [-0.15, -0.1) is 0 Å². The molecule has 1 saturated heterocycles. The van der Waals surface area contributed by atoms with Crippen LogP contribution < -0.4 is 9.80 Å². The lowest BCUT2D eigenvalue weighted by Crippen LogP contribution is -2.42. The molecule has 0 N–H and O–H groups in total. The molecule has 7 heteroatoms. The second-order valence-electron chi connectivity index (χ2n) is 7.85. The molecule has 0 aliphatic carbocycles. The van der Waals surface area contributed by atoms with E-state index in [1.165, 1.54) is 5.56 Å². The lowest BCUT2D eigenvalue weighted by atomic mass is 9.95. The first-order valence-electron chi connectivity index (χ1n) is 10.3. The van der Waals surface area contributed by atoms with Gasteiger partial charge in [-0.05, 0) is 49.4 Å². The molecule has 0 atom stereocenters. The Morgan fingerprint density at radius 2 is 2.03 bits per heavy atom. The van der Waals surface area contributed by atoms with Gasteiger partial charge in [-0.3, -0.25) is 4.79 Å². The molecule has 4 heterocycles. The fourth-order valence-electron chi connectivity index (χ4n) is 4.53. The SMILES string of the molecule is Cc1cccc2c1N(C(=O)C1CCN(c3oc(-c4ccco4)nc3C#N)CC1)CC2. The van der Waals surface area contributed by atoms with Crippen LogP contribution in [0.1, 0.15) is 29.7 Å². The van der Waals surface area contributed by atoms with E-state index in [1.54, 1.807) is 18.4 Å². The second-order valence-corrected chi connectivity index (χ2v) is 7.85.